The van der Waals surface area contributed by atoms with Gasteiger partial charge in [-0.1, -0.05) is 53.5 Å². The van der Waals surface area contributed by atoms with Crippen LogP contribution in [0.2, 0.25) is 10.0 Å². The van der Waals surface area contributed by atoms with Gasteiger partial charge in [0.05, 0.1) is 17.5 Å². The van der Waals surface area contributed by atoms with Gasteiger partial charge >= 0.3 is 0 Å². The summed E-state index contributed by atoms with van der Waals surface area (Å²) in [5, 5.41) is 27.0. The number of benzene rings is 2. The Hall–Kier alpha value is -2.84. The highest BCUT2D eigenvalue weighted by Crippen LogP contribution is 2.31. The maximum atomic E-state index is 12.4. The zero-order valence-electron chi connectivity index (χ0n) is 18.8. The van der Waals surface area contributed by atoms with Crippen LogP contribution in [0.15, 0.2) is 54.7 Å². The molecule has 0 saturated heterocycles. The minimum absolute atomic E-state index is 0.0902. The van der Waals surface area contributed by atoms with E-state index in [2.05, 4.69) is 15.6 Å². The highest BCUT2D eigenvalue weighted by atomic mass is 35.5. The molecule has 2 atom stereocenters. The van der Waals surface area contributed by atoms with Gasteiger partial charge in [-0.3, -0.25) is 4.79 Å². The number of aromatic hydroxyl groups is 1. The summed E-state index contributed by atoms with van der Waals surface area (Å²) in [6.07, 6.45) is 1.83. The smallest absolute Gasteiger partial charge is 0.224 e. The number of nitrogens with one attached hydrogen (secondary N) is 2. The summed E-state index contributed by atoms with van der Waals surface area (Å²) in [5.74, 6) is 0.143. The molecule has 0 aliphatic heterocycles. The van der Waals surface area contributed by atoms with Crippen LogP contribution in [-0.4, -0.2) is 33.7 Å². The van der Waals surface area contributed by atoms with Crippen molar-refractivity contribution in [2.45, 2.75) is 38.5 Å². The van der Waals surface area contributed by atoms with Crippen molar-refractivity contribution in [1.29, 1.82) is 0 Å². The van der Waals surface area contributed by atoms with Crippen molar-refractivity contribution in [3.8, 4) is 5.75 Å². The molecule has 0 radical (unpaired) electrons. The minimum Gasteiger partial charge on any atom is -0.506 e. The lowest BCUT2D eigenvalue weighted by molar-refractivity contribution is -0.120. The number of rotatable bonds is 10. The summed E-state index contributed by atoms with van der Waals surface area (Å²) >= 11 is 11.9. The van der Waals surface area contributed by atoms with Crippen molar-refractivity contribution < 1.29 is 15.0 Å². The SMILES string of the molecule is C[C@H](Cc1cccc(CC(=O)NCc2cc(Cl)cc(Cl)c2O)c1)NC[C@H](O)c1ccc(N)nc1. The average molecular weight is 503 g/mol. The molecular weight excluding hydrogens is 475 g/mol. The number of phenolic OH excluding ortho intramolecular Hbond substituents is 1. The van der Waals surface area contributed by atoms with Crippen LogP contribution in [0, 0.1) is 0 Å². The third-order valence-corrected chi connectivity index (χ3v) is 5.84. The molecule has 0 fully saturated rings. The van der Waals surface area contributed by atoms with Gasteiger partial charge in [-0.15, -0.1) is 0 Å². The third kappa shape index (κ3) is 7.60. The number of carbonyl (C=O) groups excluding carboxylic acids is 1. The van der Waals surface area contributed by atoms with Gasteiger partial charge in [-0.05, 0) is 42.7 Å². The zero-order chi connectivity index (χ0) is 24.7. The Kier molecular flexibility index (Phi) is 9.12. The van der Waals surface area contributed by atoms with Crippen molar-refractivity contribution in [3.63, 3.8) is 0 Å². The van der Waals surface area contributed by atoms with Crippen molar-refractivity contribution in [1.82, 2.24) is 15.6 Å². The molecule has 3 aromatic rings. The number of phenols is 1. The van der Waals surface area contributed by atoms with Gasteiger partial charge in [0, 0.05) is 41.5 Å². The van der Waals surface area contributed by atoms with Gasteiger partial charge in [0.15, 0.2) is 0 Å². The number of hydrogen-bond donors (Lipinski definition) is 5. The number of aromatic nitrogens is 1. The quantitative estimate of drug-likeness (QED) is 0.287. The molecule has 34 heavy (non-hydrogen) atoms. The van der Waals surface area contributed by atoms with E-state index < -0.39 is 6.10 Å². The van der Waals surface area contributed by atoms with Crippen molar-refractivity contribution in [2.75, 3.05) is 12.3 Å². The van der Waals surface area contributed by atoms with E-state index in [1.807, 2.05) is 31.2 Å². The first-order valence-electron chi connectivity index (χ1n) is 10.9. The monoisotopic (exact) mass is 502 g/mol. The first kappa shape index (κ1) is 25.8. The number of pyridine rings is 1. The number of hydrogen-bond acceptors (Lipinski definition) is 6. The third-order valence-electron chi connectivity index (χ3n) is 5.33. The topological polar surface area (TPSA) is 120 Å². The van der Waals surface area contributed by atoms with E-state index in [4.69, 9.17) is 28.9 Å². The number of halogens is 2. The summed E-state index contributed by atoms with van der Waals surface area (Å²) in [5.41, 5.74) is 8.70. The standard InChI is InChI=1S/C25H28Cl2N4O3/c1-15(29-14-22(32)18-5-6-23(28)30-12-18)7-16-3-2-4-17(8-16)9-24(33)31-13-19-10-20(26)11-21(27)25(19)34/h2-6,8,10-12,15,22,29,32,34H,7,9,13-14H2,1H3,(H2,28,30)(H,31,33)/t15-,22+/m1/s1. The van der Waals surface area contributed by atoms with Crippen LogP contribution in [0.1, 0.15) is 35.3 Å². The van der Waals surface area contributed by atoms with E-state index >= 15 is 0 Å². The first-order chi connectivity index (χ1) is 16.2. The minimum atomic E-state index is -0.681. The van der Waals surface area contributed by atoms with Crippen molar-refractivity contribution in [3.05, 3.63) is 87.0 Å². The number of anilines is 1. The number of nitrogens with zero attached hydrogens (tertiary/aromatic N) is 1. The maximum absolute atomic E-state index is 12.4. The molecule has 6 N–H and O–H groups in total. The second-order valence-electron chi connectivity index (χ2n) is 8.21. The van der Waals surface area contributed by atoms with Crippen LogP contribution >= 0.6 is 23.2 Å². The Morgan fingerprint density at radius 3 is 2.65 bits per heavy atom. The molecule has 2 aromatic carbocycles. The van der Waals surface area contributed by atoms with E-state index in [0.717, 1.165) is 17.5 Å². The number of nitrogen functional groups attached to an aromatic ring is 1. The lowest BCUT2D eigenvalue weighted by Crippen LogP contribution is -2.32. The lowest BCUT2D eigenvalue weighted by atomic mass is 10.0. The summed E-state index contributed by atoms with van der Waals surface area (Å²) in [6.45, 7) is 2.54. The number of nitrogens with two attached hydrogens (primary N) is 1. The molecule has 1 amide bonds. The number of amides is 1. The molecule has 3 rings (SSSR count). The van der Waals surface area contributed by atoms with Crippen molar-refractivity contribution >= 4 is 34.9 Å². The molecule has 180 valence electrons. The van der Waals surface area contributed by atoms with Crippen LogP contribution in [-0.2, 0) is 24.2 Å². The summed E-state index contributed by atoms with van der Waals surface area (Å²) in [4.78, 5) is 16.4. The van der Waals surface area contributed by atoms with Crippen LogP contribution < -0.4 is 16.4 Å². The highest BCUT2D eigenvalue weighted by Gasteiger charge is 2.12. The Bertz CT molecular complexity index is 1130. The predicted octanol–water partition coefficient (Wildman–Crippen LogP) is 3.79. The summed E-state index contributed by atoms with van der Waals surface area (Å²) in [7, 11) is 0. The second kappa shape index (κ2) is 12.0. The molecule has 0 saturated carbocycles. The Labute approximate surface area is 208 Å². The van der Waals surface area contributed by atoms with Gasteiger partial charge in [0.25, 0.3) is 0 Å². The highest BCUT2D eigenvalue weighted by molar-refractivity contribution is 6.35. The van der Waals surface area contributed by atoms with E-state index in [1.165, 1.54) is 6.07 Å². The van der Waals surface area contributed by atoms with Gasteiger partial charge in [-0.25, -0.2) is 4.98 Å². The Morgan fingerprint density at radius 1 is 1.15 bits per heavy atom. The van der Waals surface area contributed by atoms with Gasteiger partial charge in [0.2, 0.25) is 5.91 Å². The summed E-state index contributed by atoms with van der Waals surface area (Å²) < 4.78 is 0. The second-order valence-corrected chi connectivity index (χ2v) is 9.06. The molecule has 9 heteroatoms. The van der Waals surface area contributed by atoms with E-state index in [1.54, 1.807) is 24.4 Å². The lowest BCUT2D eigenvalue weighted by Gasteiger charge is -2.18. The number of aliphatic hydroxyl groups is 1. The maximum Gasteiger partial charge on any atom is 0.224 e. The largest absolute Gasteiger partial charge is 0.506 e. The summed E-state index contributed by atoms with van der Waals surface area (Å²) in [6, 6.07) is 14.4. The molecule has 0 spiro atoms. The average Bonchev–Trinajstić information content (AvgIpc) is 2.79. The van der Waals surface area contributed by atoms with Gasteiger partial charge in [0.1, 0.15) is 11.6 Å². The Balaban J connectivity index is 1.49. The van der Waals surface area contributed by atoms with E-state index in [9.17, 15) is 15.0 Å². The molecule has 0 unspecified atom stereocenters. The number of aliphatic hydroxyl groups excluding tert-OH is 1. The molecule has 0 bridgehead atoms. The molecule has 7 nitrogen and oxygen atoms in total. The van der Waals surface area contributed by atoms with Crippen LogP contribution in [0.4, 0.5) is 5.82 Å². The number of carbonyl (C=O) groups is 1. The van der Waals surface area contributed by atoms with Crippen LogP contribution in [0.25, 0.3) is 0 Å². The fourth-order valence-corrected chi connectivity index (χ4v) is 4.07. The van der Waals surface area contributed by atoms with Gasteiger partial charge in [-0.2, -0.15) is 0 Å². The van der Waals surface area contributed by atoms with Crippen molar-refractivity contribution in [2.24, 2.45) is 0 Å². The molecule has 1 aromatic heterocycles. The zero-order valence-corrected chi connectivity index (χ0v) is 20.3. The van der Waals surface area contributed by atoms with Gasteiger partial charge < -0.3 is 26.6 Å². The fourth-order valence-electron chi connectivity index (χ4n) is 3.53. The van der Waals surface area contributed by atoms with E-state index in [-0.39, 0.29) is 35.7 Å². The predicted molar refractivity (Wildman–Crippen MR) is 135 cm³/mol. The molecule has 0 aliphatic rings. The normalized spacial score (nSPS) is 12.8. The molecular formula is C25H28Cl2N4O3. The van der Waals surface area contributed by atoms with Crippen LogP contribution in [0.5, 0.6) is 5.75 Å². The molecule has 0 aliphatic carbocycles. The Morgan fingerprint density at radius 2 is 1.91 bits per heavy atom. The fraction of sp³-hybridized carbons (Fsp3) is 0.280. The van der Waals surface area contributed by atoms with E-state index in [0.29, 0.717) is 28.5 Å². The first-order valence-corrected chi connectivity index (χ1v) is 11.6. The van der Waals surface area contributed by atoms with Crippen LogP contribution in [0.3, 0.4) is 0 Å². The molecule has 1 heterocycles.